The van der Waals surface area contributed by atoms with E-state index in [1.165, 1.54) is 6.07 Å². The number of benzene rings is 3. The SMILES string of the molecule is CC(C)(C)OC(=O)N[C@@H](CCCCCC(=O)CCSCc1cccc(C(=O)Nc2ccc(N3CCCCC3)cc2C(=O)N/N=C/c2ccc(Cl)c(C(F)(F)F)c2)c1)C(=O)O. The summed E-state index contributed by atoms with van der Waals surface area (Å²) >= 11 is 7.27. The highest BCUT2D eigenvalue weighted by Gasteiger charge is 2.33. The fraction of sp³-hybridized carbons (Fsp3) is 0.442. The third-order valence-electron chi connectivity index (χ3n) is 9.31. The quantitative estimate of drug-likeness (QED) is 0.0521. The minimum atomic E-state index is -4.67. The van der Waals surface area contributed by atoms with Crippen LogP contribution in [0.2, 0.25) is 5.02 Å². The largest absolute Gasteiger partial charge is 0.480 e. The summed E-state index contributed by atoms with van der Waals surface area (Å²) < 4.78 is 45.2. The van der Waals surface area contributed by atoms with Gasteiger partial charge in [0.05, 0.1) is 28.1 Å². The molecule has 0 spiro atoms. The lowest BCUT2D eigenvalue weighted by atomic mass is 10.1. The average molecular weight is 874 g/mol. The van der Waals surface area contributed by atoms with Gasteiger partial charge in [-0.3, -0.25) is 14.4 Å². The molecule has 1 fully saturated rings. The number of unbranched alkanes of at least 4 members (excludes halogenated alkanes) is 2. The number of ketones is 1. The van der Waals surface area contributed by atoms with Gasteiger partial charge >= 0.3 is 18.2 Å². The fourth-order valence-corrected chi connectivity index (χ4v) is 7.45. The van der Waals surface area contributed by atoms with Gasteiger partial charge in [0.2, 0.25) is 0 Å². The van der Waals surface area contributed by atoms with Gasteiger partial charge in [-0.1, -0.05) is 42.6 Å². The average Bonchev–Trinajstić information content (AvgIpc) is 3.19. The number of piperidine rings is 1. The van der Waals surface area contributed by atoms with E-state index < -0.39 is 52.3 Å². The van der Waals surface area contributed by atoms with Crippen molar-refractivity contribution in [3.63, 3.8) is 0 Å². The second-order valence-corrected chi connectivity index (χ2v) is 16.9. The normalized spacial score (nSPS) is 13.8. The first-order valence-electron chi connectivity index (χ1n) is 19.7. The van der Waals surface area contributed by atoms with E-state index in [0.29, 0.717) is 49.2 Å². The molecule has 3 amide bonds. The number of anilines is 2. The van der Waals surface area contributed by atoms with E-state index in [-0.39, 0.29) is 29.0 Å². The molecule has 60 heavy (non-hydrogen) atoms. The number of amides is 3. The maximum absolute atomic E-state index is 13.5. The number of alkyl carbamates (subject to hydrolysis) is 1. The number of aliphatic carboxylic acids is 1. The number of halogens is 4. The van der Waals surface area contributed by atoms with Gasteiger partial charge < -0.3 is 25.4 Å². The molecule has 0 aliphatic carbocycles. The van der Waals surface area contributed by atoms with Crippen molar-refractivity contribution in [2.75, 3.05) is 29.1 Å². The predicted octanol–water partition coefficient (Wildman–Crippen LogP) is 9.49. The van der Waals surface area contributed by atoms with Crippen LogP contribution in [0.5, 0.6) is 0 Å². The van der Waals surface area contributed by atoms with Gasteiger partial charge in [0.25, 0.3) is 11.8 Å². The Morgan fingerprint density at radius 2 is 1.68 bits per heavy atom. The zero-order chi connectivity index (χ0) is 43.9. The Kier molecular flexibility index (Phi) is 17.8. The highest BCUT2D eigenvalue weighted by molar-refractivity contribution is 7.98. The summed E-state index contributed by atoms with van der Waals surface area (Å²) in [4.78, 5) is 65.1. The molecule has 0 saturated carbocycles. The molecule has 0 bridgehead atoms. The lowest BCUT2D eigenvalue weighted by Gasteiger charge is -2.29. The Morgan fingerprint density at radius 3 is 2.38 bits per heavy atom. The van der Waals surface area contributed by atoms with Crippen molar-refractivity contribution in [2.24, 2.45) is 5.10 Å². The Hall–Kier alpha value is -5.09. The van der Waals surface area contributed by atoms with Crippen molar-refractivity contribution in [3.8, 4) is 0 Å². The summed E-state index contributed by atoms with van der Waals surface area (Å²) in [5, 5.41) is 18.1. The summed E-state index contributed by atoms with van der Waals surface area (Å²) in [7, 11) is 0. The van der Waals surface area contributed by atoms with Crippen LogP contribution >= 0.6 is 23.4 Å². The lowest BCUT2D eigenvalue weighted by Crippen LogP contribution is -2.43. The number of rotatable bonds is 19. The molecule has 17 heteroatoms. The number of carboxylic acid groups (broad SMARTS) is 1. The van der Waals surface area contributed by atoms with Gasteiger partial charge in [-0.05, 0) is 106 Å². The fourth-order valence-electron chi connectivity index (χ4n) is 6.30. The molecule has 4 rings (SSSR count). The zero-order valence-electron chi connectivity index (χ0n) is 33.8. The number of carboxylic acids is 1. The van der Waals surface area contributed by atoms with E-state index in [0.717, 1.165) is 62.0 Å². The third-order valence-corrected chi connectivity index (χ3v) is 10.7. The molecule has 3 aromatic carbocycles. The number of hydrogen-bond donors (Lipinski definition) is 4. The number of hydrazone groups is 1. The number of hydrogen-bond acceptors (Lipinski definition) is 9. The number of carbonyl (C=O) groups excluding carboxylic acids is 4. The topological polar surface area (TPSA) is 166 Å². The summed E-state index contributed by atoms with van der Waals surface area (Å²) in [6.07, 6.45) is 1.41. The minimum absolute atomic E-state index is 0.0700. The van der Waals surface area contributed by atoms with Crippen molar-refractivity contribution < 1.29 is 47.0 Å². The molecule has 0 radical (unpaired) electrons. The molecule has 1 aliphatic heterocycles. The first kappa shape index (κ1) is 47.6. The molecule has 1 atom stereocenters. The molecule has 12 nitrogen and oxygen atoms in total. The number of nitrogens with one attached hydrogen (secondary N) is 3. The first-order chi connectivity index (χ1) is 28.4. The zero-order valence-corrected chi connectivity index (χ0v) is 35.4. The molecule has 1 heterocycles. The van der Waals surface area contributed by atoms with Crippen LogP contribution in [-0.4, -0.2) is 71.5 Å². The van der Waals surface area contributed by atoms with E-state index in [1.807, 2.05) is 12.1 Å². The Labute approximate surface area is 357 Å². The molecule has 1 saturated heterocycles. The van der Waals surface area contributed by atoms with Gasteiger partial charge in [0.1, 0.15) is 17.4 Å². The molecular formula is C43H51ClF3N5O7S. The van der Waals surface area contributed by atoms with Crippen molar-refractivity contribution in [3.05, 3.63) is 93.5 Å². The van der Waals surface area contributed by atoms with Gasteiger partial charge in [-0.25, -0.2) is 15.0 Å². The van der Waals surface area contributed by atoms with Gasteiger partial charge in [0, 0.05) is 48.7 Å². The Bertz CT molecular complexity index is 2020. The minimum Gasteiger partial charge on any atom is -0.480 e. The highest BCUT2D eigenvalue weighted by Crippen LogP contribution is 2.35. The molecular weight excluding hydrogens is 823 g/mol. The van der Waals surface area contributed by atoms with E-state index in [9.17, 15) is 42.3 Å². The van der Waals surface area contributed by atoms with Crippen LogP contribution < -0.4 is 21.0 Å². The molecule has 324 valence electrons. The monoisotopic (exact) mass is 873 g/mol. The van der Waals surface area contributed by atoms with Crippen molar-refractivity contribution in [1.29, 1.82) is 0 Å². The van der Waals surface area contributed by atoms with E-state index in [4.69, 9.17) is 16.3 Å². The smallest absolute Gasteiger partial charge is 0.417 e. The lowest BCUT2D eigenvalue weighted by molar-refractivity contribution is -0.140. The third kappa shape index (κ3) is 15.8. The number of thioether (sulfide) groups is 1. The molecule has 0 unspecified atom stereocenters. The van der Waals surface area contributed by atoms with E-state index >= 15 is 0 Å². The van der Waals surface area contributed by atoms with Crippen LogP contribution in [0.1, 0.15) is 116 Å². The van der Waals surface area contributed by atoms with Gasteiger partial charge in [-0.2, -0.15) is 30.0 Å². The number of alkyl halides is 3. The Balaban J connectivity index is 1.29. The van der Waals surface area contributed by atoms with E-state index in [2.05, 4.69) is 26.1 Å². The maximum Gasteiger partial charge on any atom is 0.417 e. The van der Waals surface area contributed by atoms with Crippen molar-refractivity contribution in [2.45, 2.75) is 102 Å². The standard InChI is InChI=1S/C43H51ClF3N5O7S/c1-42(2,3)59-41(58)50-37(40(56)57)14-7-4-6-13-32(53)19-22-60-27-29-11-10-12-30(23-29)38(54)49-36-18-16-31(52-20-8-5-9-21-52)25-33(36)39(55)51-48-26-28-15-17-35(44)34(24-28)43(45,46)47/h10-12,15-18,23-26,37H,4-9,13-14,19-22,27H2,1-3H3,(H,49,54)(H,50,58)(H,51,55)(H,56,57)/b48-26+/t37-/m0/s1. The summed E-state index contributed by atoms with van der Waals surface area (Å²) in [6.45, 7) is 6.67. The van der Waals surface area contributed by atoms with Crippen LogP contribution in [0, 0.1) is 0 Å². The van der Waals surface area contributed by atoms with Gasteiger partial charge in [-0.15, -0.1) is 0 Å². The number of nitrogens with zero attached hydrogens (tertiary/aromatic N) is 2. The predicted molar refractivity (Wildman–Crippen MR) is 228 cm³/mol. The van der Waals surface area contributed by atoms with Crippen LogP contribution in [0.3, 0.4) is 0 Å². The summed E-state index contributed by atoms with van der Waals surface area (Å²) in [5.41, 5.74) is 2.99. The Morgan fingerprint density at radius 1 is 0.933 bits per heavy atom. The first-order valence-corrected chi connectivity index (χ1v) is 21.2. The summed E-state index contributed by atoms with van der Waals surface area (Å²) in [6, 6.07) is 14.3. The van der Waals surface area contributed by atoms with Crippen molar-refractivity contribution >= 4 is 70.6 Å². The molecule has 1 aliphatic rings. The molecule has 4 N–H and O–H groups in total. The van der Waals surface area contributed by atoms with Crippen LogP contribution in [0.15, 0.2) is 65.8 Å². The van der Waals surface area contributed by atoms with Crippen LogP contribution in [0.25, 0.3) is 0 Å². The van der Waals surface area contributed by atoms with Crippen molar-refractivity contribution in [1.82, 2.24) is 10.7 Å². The summed E-state index contributed by atoms with van der Waals surface area (Å²) in [5.74, 6) is -1.08. The van der Waals surface area contributed by atoms with E-state index in [1.54, 1.807) is 62.9 Å². The second kappa shape index (κ2) is 22.5. The number of Topliss-reactive ketones (excluding diaryl/α,β-unsaturated/α-hetero) is 1. The van der Waals surface area contributed by atoms with Crippen LogP contribution in [-0.2, 0) is 26.3 Å². The highest BCUT2D eigenvalue weighted by atomic mass is 35.5. The molecule has 3 aromatic rings. The van der Waals surface area contributed by atoms with Crippen LogP contribution in [0.4, 0.5) is 29.3 Å². The number of carbonyl (C=O) groups is 5. The molecule has 0 aromatic heterocycles. The van der Waals surface area contributed by atoms with Gasteiger partial charge in [0.15, 0.2) is 0 Å². The second-order valence-electron chi connectivity index (χ2n) is 15.3. The number of ether oxygens (including phenoxy) is 1. The maximum atomic E-state index is 13.5.